The number of Topliss-reactive ketones (excluding diaryl/α,β-unsaturated/α-hetero) is 2. The molecule has 0 spiro atoms. The zero-order valence-corrected chi connectivity index (χ0v) is 54.1. The topological polar surface area (TPSA) is 466 Å². The second-order valence-electron chi connectivity index (χ2n) is 18.7. The second kappa shape index (κ2) is 55.7. The zero-order chi connectivity index (χ0) is 76.7. The van der Waals surface area contributed by atoms with E-state index >= 15 is 0 Å². The number of amides is 10. The third-order valence-electron chi connectivity index (χ3n) is 10.4. The van der Waals surface area contributed by atoms with E-state index in [4.69, 9.17) is 58.5 Å². The first kappa shape index (κ1) is 93.9. The van der Waals surface area contributed by atoms with E-state index in [0.29, 0.717) is 109 Å². The van der Waals surface area contributed by atoms with Crippen LogP contribution in [0, 0.1) is 49.4 Å². The molecule has 35 nitrogen and oxygen atoms in total. The number of carboxylic acids is 1. The van der Waals surface area contributed by atoms with Crippen molar-refractivity contribution in [2.24, 2.45) is 5.73 Å². The lowest BCUT2D eigenvalue weighted by molar-refractivity contribution is -0.232. The van der Waals surface area contributed by atoms with Gasteiger partial charge in [-0.15, -0.1) is 45.9 Å². The highest BCUT2D eigenvalue weighted by atomic mass is 19.4. The lowest BCUT2D eigenvalue weighted by atomic mass is 10.3. The van der Waals surface area contributed by atoms with E-state index in [0.717, 1.165) is 0 Å². The van der Waals surface area contributed by atoms with Crippen LogP contribution in [0.3, 0.4) is 0 Å². The molecule has 4 rings (SSSR count). The number of carbonyl (C=O) groups is 17. The van der Waals surface area contributed by atoms with Crippen molar-refractivity contribution < 1.29 is 161 Å². The van der Waals surface area contributed by atoms with Crippen molar-refractivity contribution in [1.82, 2.24) is 30.9 Å². The molecule has 4 aliphatic rings. The molecule has 4 aliphatic heterocycles. The Morgan fingerprint density at radius 3 is 0.910 bits per heavy atom. The number of hydrogen-bond donors (Lipinski definition) is 4. The Hall–Kier alpha value is -10.3. The first-order valence-electron chi connectivity index (χ1n) is 29.1. The van der Waals surface area contributed by atoms with Gasteiger partial charge in [0.15, 0.2) is 0 Å². The lowest BCUT2D eigenvalue weighted by Gasteiger charge is -2.13. The van der Waals surface area contributed by atoms with Crippen molar-refractivity contribution >= 4 is 100 Å². The van der Waals surface area contributed by atoms with Gasteiger partial charge in [0.25, 0.3) is 47.3 Å². The van der Waals surface area contributed by atoms with E-state index in [1.165, 1.54) is 6.92 Å². The maximum absolute atomic E-state index is 11.6. The molecule has 0 unspecified atom stereocenters. The van der Waals surface area contributed by atoms with E-state index in [9.17, 15) is 108 Å². The van der Waals surface area contributed by atoms with E-state index < -0.39 is 89.5 Å². The van der Waals surface area contributed by atoms with Crippen molar-refractivity contribution in [3.05, 3.63) is 0 Å². The highest BCUT2D eigenvalue weighted by Crippen LogP contribution is 2.22. The minimum absolute atomic E-state index is 0.0355. The Morgan fingerprint density at radius 1 is 0.400 bits per heavy atom. The Kier molecular flexibility index (Phi) is 52.3. The van der Waals surface area contributed by atoms with E-state index in [1.54, 1.807) is 6.92 Å². The molecule has 0 aliphatic carbocycles. The summed E-state index contributed by atoms with van der Waals surface area (Å²) in [5.74, 6) is -5.09. The van der Waals surface area contributed by atoms with Crippen LogP contribution in [0.25, 0.3) is 0 Å². The average molecular weight is 1440 g/mol. The standard InChI is InChI=1S/C15H20N2O7.C12H19NO4.C8H7NO4.C8H17NO3.2C6H4F3NO4.C4H4O2/c1-2-3-12(18)16-7-9-23-11-10-22-8-6-15(21)24-17-13(19)4-5-14(17)20;1-3-4-12(15)13-6-8-17-10-9-16-7-5-11(2)14;1-2-3-8(12)13-9-6(10)4-5-7(9)11;1-8(10)2-4-11-6-7-12-5-3-9;2*7-6(8,9)5(13)14-10-3(11)1-2-4(10)12;1-2-3-4(5)6/h1H,3-11H2,(H,16,18);1H,4-10H2,2H3,(H,13,15);1H,3-5H2;2-7,9H2,1H3;2*1-2H2;1H,3H2,(H,5,6). The summed E-state index contributed by atoms with van der Waals surface area (Å²) in [6.07, 6.45) is 8.77. The summed E-state index contributed by atoms with van der Waals surface area (Å²) in [7, 11) is 0. The maximum atomic E-state index is 11.6. The van der Waals surface area contributed by atoms with Gasteiger partial charge in [-0.1, -0.05) is 23.7 Å². The minimum Gasteiger partial charge on any atom is -0.481 e. The Balaban J connectivity index is -0.00000113. The maximum Gasteiger partial charge on any atom is 0.493 e. The van der Waals surface area contributed by atoms with Gasteiger partial charge in [0, 0.05) is 83.8 Å². The van der Waals surface area contributed by atoms with Crippen LogP contribution in [0.15, 0.2) is 0 Å². The number of nitrogens with two attached hydrogens (primary N) is 1. The molecule has 0 aromatic rings. The summed E-state index contributed by atoms with van der Waals surface area (Å²) in [4.78, 5) is 198. The van der Waals surface area contributed by atoms with Crippen LogP contribution in [0.1, 0.15) is 110 Å². The van der Waals surface area contributed by atoms with Crippen molar-refractivity contribution in [2.45, 2.75) is 123 Å². The summed E-state index contributed by atoms with van der Waals surface area (Å²) in [6, 6.07) is 0. The third kappa shape index (κ3) is 50.1. The number of terminal acetylenes is 4. The molecule has 0 aromatic heterocycles. The van der Waals surface area contributed by atoms with E-state index in [1.807, 2.05) is 11.8 Å². The van der Waals surface area contributed by atoms with Gasteiger partial charge in [-0.25, -0.2) is 19.2 Å². The van der Waals surface area contributed by atoms with Gasteiger partial charge in [-0.3, -0.25) is 62.3 Å². The number of hydroxylamine groups is 8. The summed E-state index contributed by atoms with van der Waals surface area (Å²) in [5.41, 5.74) is 5.20. The normalized spacial score (nSPS) is 13.5. The van der Waals surface area contributed by atoms with Crippen LogP contribution in [0.4, 0.5) is 26.3 Å². The first-order valence-corrected chi connectivity index (χ1v) is 29.1. The molecule has 556 valence electrons. The zero-order valence-electron chi connectivity index (χ0n) is 54.1. The molecular formula is C59H75F6N7O28. The molecule has 4 fully saturated rings. The Labute approximate surface area is 567 Å². The summed E-state index contributed by atoms with van der Waals surface area (Å²) in [5, 5.41) is 13.6. The van der Waals surface area contributed by atoms with Gasteiger partial charge in [-0.2, -0.15) is 26.3 Å². The fraction of sp³-hybridized carbons (Fsp3) is 0.576. The number of halogens is 6. The van der Waals surface area contributed by atoms with Crippen LogP contribution < -0.4 is 16.4 Å². The van der Waals surface area contributed by atoms with E-state index in [-0.39, 0.29) is 130 Å². The molecule has 5 N–H and O–H groups in total. The number of carboxylic acid groups (broad SMARTS) is 1. The molecule has 41 heteroatoms. The van der Waals surface area contributed by atoms with Crippen LogP contribution in [-0.4, -0.2) is 237 Å². The lowest BCUT2D eigenvalue weighted by Crippen LogP contribution is -2.37. The van der Waals surface area contributed by atoms with Crippen molar-refractivity contribution in [3.8, 4) is 49.4 Å². The largest absolute Gasteiger partial charge is 0.493 e. The average Bonchev–Trinajstić information content (AvgIpc) is 1.73. The molecule has 10 amide bonds. The molecule has 4 saturated heterocycles. The van der Waals surface area contributed by atoms with Crippen molar-refractivity contribution in [3.63, 3.8) is 0 Å². The predicted molar refractivity (Wildman–Crippen MR) is 317 cm³/mol. The molecule has 0 aromatic carbocycles. The monoisotopic (exact) mass is 1440 g/mol. The number of nitrogens with one attached hydrogen (secondary N) is 2. The summed E-state index contributed by atoms with van der Waals surface area (Å²) >= 11 is 0. The molecule has 0 atom stereocenters. The number of aliphatic carboxylic acids is 1. The Morgan fingerprint density at radius 2 is 0.660 bits per heavy atom. The van der Waals surface area contributed by atoms with Crippen molar-refractivity contribution in [2.75, 3.05) is 98.9 Å². The predicted octanol–water partition coefficient (Wildman–Crippen LogP) is -0.725. The second-order valence-corrected chi connectivity index (χ2v) is 18.7. The molecular weight excluding hydrogens is 1370 g/mol. The first-order chi connectivity index (χ1) is 47.0. The number of ether oxygens (including phenoxy) is 6. The Bertz CT molecular complexity index is 2810. The summed E-state index contributed by atoms with van der Waals surface area (Å²) < 4.78 is 101. The fourth-order valence-electron chi connectivity index (χ4n) is 5.83. The smallest absolute Gasteiger partial charge is 0.481 e. The van der Waals surface area contributed by atoms with Crippen LogP contribution in [-0.2, 0) is 129 Å². The molecule has 0 saturated carbocycles. The SMILES string of the molecule is C#CCC(=O)NCCOCCOCCC(=O)ON1C(=O)CCC1=O.C#CCC(=O)NCCOCCOCCC(C)=O.C#CCC(=O)O.C#CCC(=O)ON1C(=O)CCC1=O.CC(=O)CCOCCOCCN.O=C1CCC(=O)N1OC(=O)C(F)(F)F.O=C1CCC(=O)N1OC(=O)C(F)(F)F. The molecule has 100 heavy (non-hydrogen) atoms. The van der Waals surface area contributed by atoms with E-state index in [2.05, 4.69) is 48.2 Å². The van der Waals surface area contributed by atoms with Gasteiger partial charge >= 0.3 is 42.2 Å². The number of rotatable bonds is 34. The number of imide groups is 4. The highest BCUT2D eigenvalue weighted by Gasteiger charge is 2.47. The summed E-state index contributed by atoms with van der Waals surface area (Å²) in [6.45, 7) is 9.24. The molecule has 0 bridgehead atoms. The fourth-order valence-corrected chi connectivity index (χ4v) is 5.83. The number of carbonyl (C=O) groups excluding carboxylic acids is 16. The van der Waals surface area contributed by atoms with Crippen molar-refractivity contribution in [1.29, 1.82) is 0 Å². The third-order valence-corrected chi connectivity index (χ3v) is 10.4. The van der Waals surface area contributed by atoms with Crippen LogP contribution >= 0.6 is 0 Å². The molecule has 4 heterocycles. The number of nitrogens with zero attached hydrogens (tertiary/aromatic N) is 4. The van der Waals surface area contributed by atoms with Gasteiger partial charge in [-0.05, 0) is 13.8 Å². The van der Waals surface area contributed by atoms with Gasteiger partial charge in [0.2, 0.25) is 11.8 Å². The quantitative estimate of drug-likeness (QED) is 0.0267. The van der Waals surface area contributed by atoms with Gasteiger partial charge in [0.1, 0.15) is 24.4 Å². The molecule has 0 radical (unpaired) electrons. The van der Waals surface area contributed by atoms with Crippen LogP contribution in [0.2, 0.25) is 0 Å². The minimum atomic E-state index is -5.22. The number of ketones is 2. The number of hydrogen-bond acceptors (Lipinski definition) is 28. The van der Waals surface area contributed by atoms with Gasteiger partial charge in [0.05, 0.1) is 98.5 Å². The van der Waals surface area contributed by atoms with Crippen LogP contribution in [0.5, 0.6) is 0 Å². The van der Waals surface area contributed by atoms with Gasteiger partial charge < -0.3 is 69.2 Å². The number of alkyl halides is 6. The highest BCUT2D eigenvalue weighted by molar-refractivity contribution is 6.03.